The number of esters is 1. The molecule has 1 amide bonds. The molecule has 0 aliphatic carbocycles. The van der Waals surface area contributed by atoms with E-state index < -0.39 is 29.4 Å². The first-order valence-corrected chi connectivity index (χ1v) is 23.1. The standard InChI is InChI=1S/C50H64Cl2N8O6/c1-33(55-28-36-13-18-39(52)26-44(36)66-41-19-14-35(15-20-41)43-29-56-45(58(43)4)30-57(2)3)47(53)42(31-64-5)48(54)50(27-34-11-16-38(51)17-12-34)21-9-22-59(32-50)49(62)37(25-46(61)65-6)24-40-10-7-8-23-60(40)63/h7-8,10-20,23,26,29,33,37,42,47-48,55H,9,21-22,24-25,27-28,30-32,53-54H2,1-6H3/t33-,37+,42+,47?,48?,50+/m0/s1. The molecule has 2 unspecified atom stereocenters. The summed E-state index contributed by atoms with van der Waals surface area (Å²) in [7, 11) is 8.99. The number of halogens is 2. The molecule has 0 saturated carbocycles. The first-order chi connectivity index (χ1) is 31.6. The van der Waals surface area contributed by atoms with Gasteiger partial charge in [-0.05, 0) is 94.4 Å². The average Bonchev–Trinajstić information content (AvgIpc) is 3.66. The fraction of sp³-hybridized carbons (Fsp3) is 0.440. The number of imidazole rings is 1. The Bertz CT molecular complexity index is 2380. The SMILES string of the molecule is COC[C@H](C(N)[C@H](C)NCc1ccc(Cl)cc1Oc1ccc(-c2cnc(CN(C)C)n2C)cc1)C(N)[C@@]1(Cc2ccc(Cl)cc2)CCCN(C(=O)[C@@H](CC(=O)OC)Cc2cccc[n+]2[O-])C1. The number of carbonyl (C=O) groups is 2. The molecule has 1 fully saturated rings. The van der Waals surface area contributed by atoms with Gasteiger partial charge in [0, 0.05) is 103 Å². The Hall–Kier alpha value is -5.06. The van der Waals surface area contributed by atoms with Gasteiger partial charge in [-0.1, -0.05) is 47.5 Å². The van der Waals surface area contributed by atoms with Crippen LogP contribution in [-0.4, -0.2) is 97.4 Å². The van der Waals surface area contributed by atoms with E-state index in [1.54, 1.807) is 36.3 Å². The number of hydrogen-bond donors (Lipinski definition) is 3. The van der Waals surface area contributed by atoms with Crippen LogP contribution in [0.1, 0.15) is 48.8 Å². The fourth-order valence-corrected chi connectivity index (χ4v) is 9.46. The zero-order valence-corrected chi connectivity index (χ0v) is 40.3. The summed E-state index contributed by atoms with van der Waals surface area (Å²) in [5.74, 6) is 0.301. The van der Waals surface area contributed by atoms with E-state index in [2.05, 4.69) is 19.8 Å². The molecule has 5 aromatic rings. The number of nitrogens with one attached hydrogen (secondary N) is 1. The number of rotatable bonds is 21. The van der Waals surface area contributed by atoms with Crippen LogP contribution in [0.3, 0.4) is 0 Å². The van der Waals surface area contributed by atoms with Crippen molar-refractivity contribution in [3.63, 3.8) is 0 Å². The molecule has 66 heavy (non-hydrogen) atoms. The van der Waals surface area contributed by atoms with Crippen molar-refractivity contribution in [2.45, 2.75) is 70.2 Å². The number of pyridine rings is 1. The van der Waals surface area contributed by atoms with Gasteiger partial charge in [-0.3, -0.25) is 9.59 Å². The van der Waals surface area contributed by atoms with Gasteiger partial charge in [0.25, 0.3) is 0 Å². The molecule has 1 aliphatic heterocycles. The van der Waals surface area contributed by atoms with E-state index in [9.17, 15) is 14.8 Å². The molecule has 0 spiro atoms. The Kier molecular flexibility index (Phi) is 17.6. The van der Waals surface area contributed by atoms with Gasteiger partial charge in [-0.2, -0.15) is 4.73 Å². The summed E-state index contributed by atoms with van der Waals surface area (Å²) in [4.78, 5) is 35.8. The number of carbonyl (C=O) groups excluding carboxylic acids is 2. The highest BCUT2D eigenvalue weighted by atomic mass is 35.5. The smallest absolute Gasteiger partial charge is 0.306 e. The first kappa shape index (κ1) is 50.4. The van der Waals surface area contributed by atoms with Crippen LogP contribution in [0, 0.1) is 22.5 Å². The van der Waals surface area contributed by atoms with E-state index in [4.69, 9.17) is 48.9 Å². The number of ether oxygens (including phenoxy) is 3. The monoisotopic (exact) mass is 942 g/mol. The van der Waals surface area contributed by atoms with Crippen molar-refractivity contribution in [2.75, 3.05) is 48.0 Å². The molecule has 1 aliphatic rings. The largest absolute Gasteiger partial charge is 0.619 e. The summed E-state index contributed by atoms with van der Waals surface area (Å²) in [6.45, 7) is 4.23. The Morgan fingerprint density at radius 2 is 1.74 bits per heavy atom. The van der Waals surface area contributed by atoms with Gasteiger partial charge < -0.3 is 50.6 Å². The Morgan fingerprint density at radius 3 is 2.42 bits per heavy atom. The molecule has 1 saturated heterocycles. The van der Waals surface area contributed by atoms with E-state index in [1.165, 1.54) is 13.3 Å². The maximum absolute atomic E-state index is 14.6. The summed E-state index contributed by atoms with van der Waals surface area (Å²) in [5, 5.41) is 17.5. The molecule has 6 atom stereocenters. The van der Waals surface area contributed by atoms with Crippen LogP contribution in [0.5, 0.6) is 11.5 Å². The van der Waals surface area contributed by atoms with Gasteiger partial charge in [0.05, 0.1) is 44.5 Å². The molecule has 0 bridgehead atoms. The lowest BCUT2D eigenvalue weighted by atomic mass is 9.64. The Labute approximate surface area is 398 Å². The number of likely N-dealkylation sites (tertiary alicyclic amines) is 1. The number of nitrogens with zero attached hydrogens (tertiary/aromatic N) is 5. The molecule has 16 heteroatoms. The summed E-state index contributed by atoms with van der Waals surface area (Å²) in [6.07, 6.45) is 5.08. The third kappa shape index (κ3) is 12.7. The molecule has 354 valence electrons. The predicted molar refractivity (Wildman–Crippen MR) is 258 cm³/mol. The van der Waals surface area contributed by atoms with Crippen LogP contribution in [0.2, 0.25) is 10.0 Å². The van der Waals surface area contributed by atoms with Gasteiger partial charge in [0.2, 0.25) is 5.91 Å². The minimum Gasteiger partial charge on any atom is -0.619 e. The maximum atomic E-state index is 14.6. The van der Waals surface area contributed by atoms with Gasteiger partial charge >= 0.3 is 5.97 Å². The highest BCUT2D eigenvalue weighted by molar-refractivity contribution is 6.31. The molecular formula is C50H64Cl2N8O6. The Morgan fingerprint density at radius 1 is 1.02 bits per heavy atom. The minimum atomic E-state index is -0.821. The molecule has 6 rings (SSSR count). The van der Waals surface area contributed by atoms with Crippen LogP contribution in [0.4, 0.5) is 0 Å². The van der Waals surface area contributed by atoms with E-state index in [-0.39, 0.29) is 37.3 Å². The zero-order valence-electron chi connectivity index (χ0n) is 38.8. The Balaban J connectivity index is 1.20. The van der Waals surface area contributed by atoms with Crippen molar-refractivity contribution < 1.29 is 28.5 Å². The second kappa shape index (κ2) is 23.1. The van der Waals surface area contributed by atoms with Gasteiger partial charge in [-0.15, -0.1) is 0 Å². The predicted octanol–water partition coefficient (Wildman–Crippen LogP) is 6.55. The third-order valence-electron chi connectivity index (χ3n) is 12.9. The van der Waals surface area contributed by atoms with Crippen molar-refractivity contribution in [2.24, 2.45) is 35.8 Å². The number of aromatic nitrogens is 3. The number of hydrogen-bond acceptors (Lipinski definition) is 11. The summed E-state index contributed by atoms with van der Waals surface area (Å²) in [5.41, 5.74) is 18.4. The highest BCUT2D eigenvalue weighted by Gasteiger charge is 2.47. The minimum absolute atomic E-state index is 0.0717. The molecule has 3 heterocycles. The second-order valence-electron chi connectivity index (χ2n) is 17.9. The van der Waals surface area contributed by atoms with Crippen LogP contribution < -0.4 is 26.3 Å². The fourth-order valence-electron chi connectivity index (χ4n) is 9.17. The second-order valence-corrected chi connectivity index (χ2v) is 18.7. The van der Waals surface area contributed by atoms with Crippen molar-refractivity contribution in [1.82, 2.24) is 24.7 Å². The number of nitrogens with two attached hydrogens (primary N) is 2. The van der Waals surface area contributed by atoms with E-state index in [0.717, 1.165) is 39.5 Å². The normalized spacial score (nSPS) is 17.5. The summed E-state index contributed by atoms with van der Waals surface area (Å²) < 4.78 is 20.1. The summed E-state index contributed by atoms with van der Waals surface area (Å²) >= 11 is 12.8. The van der Waals surface area contributed by atoms with E-state index in [0.29, 0.717) is 66.1 Å². The highest BCUT2D eigenvalue weighted by Crippen LogP contribution is 2.41. The van der Waals surface area contributed by atoms with Gasteiger partial charge in [0.1, 0.15) is 17.3 Å². The van der Waals surface area contributed by atoms with E-state index in [1.807, 2.05) is 94.9 Å². The van der Waals surface area contributed by atoms with Crippen molar-refractivity contribution in [1.29, 1.82) is 0 Å². The number of piperidine rings is 1. The van der Waals surface area contributed by atoms with Gasteiger partial charge in [-0.25, -0.2) is 4.98 Å². The maximum Gasteiger partial charge on any atom is 0.306 e. The van der Waals surface area contributed by atoms with Crippen LogP contribution in [-0.2, 0) is 52.0 Å². The van der Waals surface area contributed by atoms with Crippen molar-refractivity contribution in [3.8, 4) is 22.8 Å². The number of benzene rings is 3. The summed E-state index contributed by atoms with van der Waals surface area (Å²) in [6, 6.07) is 24.9. The lowest BCUT2D eigenvalue weighted by Gasteiger charge is -2.50. The van der Waals surface area contributed by atoms with Crippen LogP contribution in [0.25, 0.3) is 11.3 Å². The topological polar surface area (TPSA) is 177 Å². The van der Waals surface area contributed by atoms with Gasteiger partial charge in [0.15, 0.2) is 11.9 Å². The quantitative estimate of drug-likeness (QED) is 0.0413. The lowest BCUT2D eigenvalue weighted by Crippen LogP contribution is -2.63. The van der Waals surface area contributed by atoms with Crippen molar-refractivity contribution in [3.05, 3.63) is 135 Å². The number of methoxy groups -OCH3 is 2. The number of amides is 1. The van der Waals surface area contributed by atoms with Crippen LogP contribution >= 0.6 is 23.2 Å². The average molecular weight is 944 g/mol. The van der Waals surface area contributed by atoms with E-state index >= 15 is 0 Å². The lowest BCUT2D eigenvalue weighted by molar-refractivity contribution is -0.614. The molecule has 2 aromatic heterocycles. The van der Waals surface area contributed by atoms with Crippen molar-refractivity contribution >= 4 is 35.1 Å². The molecule has 0 radical (unpaired) electrons. The molecule has 5 N–H and O–H groups in total. The third-order valence-corrected chi connectivity index (χ3v) is 13.4. The first-order valence-electron chi connectivity index (χ1n) is 22.3. The zero-order chi connectivity index (χ0) is 47.5. The van der Waals surface area contributed by atoms with Crippen LogP contribution in [0.15, 0.2) is 97.3 Å². The molecule has 14 nitrogen and oxygen atoms in total. The molecule has 3 aromatic carbocycles. The molecular weight excluding hydrogens is 880 g/mol.